The van der Waals surface area contributed by atoms with Gasteiger partial charge < -0.3 is 4.42 Å². The molecule has 0 saturated heterocycles. The number of carbonyl (C=O) groups excluding carboxylic acids is 1. The zero-order valence-electron chi connectivity index (χ0n) is 12.6. The molecule has 3 rings (SSSR count). The molecular formula is C15H16N4O2S2. The fourth-order valence-corrected chi connectivity index (χ4v) is 3.16. The second-order valence-corrected chi connectivity index (χ2v) is 6.66. The summed E-state index contributed by atoms with van der Waals surface area (Å²) in [6.45, 7) is 0.616. The molecule has 0 N–H and O–H groups in total. The monoisotopic (exact) mass is 348 g/mol. The predicted molar refractivity (Wildman–Crippen MR) is 91.6 cm³/mol. The smallest absolute Gasteiger partial charge is 0.277 e. The van der Waals surface area contributed by atoms with E-state index in [-0.39, 0.29) is 11.7 Å². The number of aromatic nitrogens is 2. The average Bonchev–Trinajstić information content (AvgIpc) is 3.23. The summed E-state index contributed by atoms with van der Waals surface area (Å²) in [5.41, 5.74) is 2.01. The molecule has 6 nitrogen and oxygen atoms in total. The Balaban J connectivity index is 1.55. The maximum absolute atomic E-state index is 12.2. The van der Waals surface area contributed by atoms with Gasteiger partial charge in [-0.25, -0.2) is 5.01 Å². The lowest BCUT2D eigenvalue weighted by Gasteiger charge is -2.09. The molecule has 0 radical (unpaired) electrons. The Bertz CT molecular complexity index is 703. The van der Waals surface area contributed by atoms with E-state index in [9.17, 15) is 4.79 Å². The molecule has 23 heavy (non-hydrogen) atoms. The fraction of sp³-hybridized carbons (Fsp3) is 0.333. The molecule has 120 valence electrons. The fourth-order valence-electron chi connectivity index (χ4n) is 2.15. The summed E-state index contributed by atoms with van der Waals surface area (Å²) in [5, 5.41) is 14.2. The highest BCUT2D eigenvalue weighted by Gasteiger charge is 2.22. The molecule has 1 aliphatic rings. The Hall–Kier alpha value is -1.80. The van der Waals surface area contributed by atoms with Crippen LogP contribution in [0.15, 0.2) is 45.1 Å². The van der Waals surface area contributed by atoms with Crippen molar-refractivity contribution in [1.29, 1.82) is 0 Å². The van der Waals surface area contributed by atoms with Crippen molar-refractivity contribution in [2.45, 2.75) is 17.4 Å². The second-order valence-electron chi connectivity index (χ2n) is 4.86. The topological polar surface area (TPSA) is 71.6 Å². The number of hydrogen-bond donors (Lipinski definition) is 0. The van der Waals surface area contributed by atoms with E-state index in [1.165, 1.54) is 16.8 Å². The van der Waals surface area contributed by atoms with Crippen LogP contribution in [-0.2, 0) is 10.5 Å². The maximum atomic E-state index is 12.2. The quantitative estimate of drug-likeness (QED) is 0.748. The molecule has 8 heteroatoms. The van der Waals surface area contributed by atoms with Gasteiger partial charge in [0.25, 0.3) is 11.1 Å². The van der Waals surface area contributed by atoms with Gasteiger partial charge in [-0.05, 0) is 11.8 Å². The minimum Gasteiger partial charge on any atom is -0.415 e. The molecule has 0 fully saturated rings. The summed E-state index contributed by atoms with van der Waals surface area (Å²) in [7, 11) is 0. The lowest BCUT2D eigenvalue weighted by atomic mass is 10.1. The highest BCUT2D eigenvalue weighted by atomic mass is 32.2. The van der Waals surface area contributed by atoms with Crippen LogP contribution in [0.1, 0.15) is 17.9 Å². The van der Waals surface area contributed by atoms with E-state index in [0.717, 1.165) is 17.7 Å². The van der Waals surface area contributed by atoms with Crippen molar-refractivity contribution in [2.24, 2.45) is 5.10 Å². The van der Waals surface area contributed by atoms with Crippen LogP contribution >= 0.6 is 23.5 Å². The number of thioether (sulfide) groups is 2. The highest BCUT2D eigenvalue weighted by molar-refractivity contribution is 7.99. The SMILES string of the molecule is CSCc1nnc(SCC(=O)N2CCC(c3ccccc3)=N2)o1. The molecule has 0 atom stereocenters. The molecule has 2 aromatic rings. The van der Waals surface area contributed by atoms with Crippen LogP contribution in [0.3, 0.4) is 0 Å². The van der Waals surface area contributed by atoms with Crippen LogP contribution in [0.25, 0.3) is 0 Å². The lowest BCUT2D eigenvalue weighted by Crippen LogP contribution is -2.25. The zero-order chi connectivity index (χ0) is 16.1. The van der Waals surface area contributed by atoms with E-state index in [1.54, 1.807) is 11.8 Å². The highest BCUT2D eigenvalue weighted by Crippen LogP contribution is 2.20. The molecule has 1 aromatic carbocycles. The van der Waals surface area contributed by atoms with E-state index in [1.807, 2.05) is 36.6 Å². The summed E-state index contributed by atoms with van der Waals surface area (Å²) in [6, 6.07) is 9.93. The molecule has 2 heterocycles. The van der Waals surface area contributed by atoms with Crippen molar-refractivity contribution in [3.05, 3.63) is 41.8 Å². The summed E-state index contributed by atoms with van der Waals surface area (Å²) >= 11 is 2.86. The largest absolute Gasteiger partial charge is 0.415 e. The maximum Gasteiger partial charge on any atom is 0.277 e. The number of hydrogen-bond acceptors (Lipinski definition) is 7. The van der Waals surface area contributed by atoms with E-state index >= 15 is 0 Å². The zero-order valence-corrected chi connectivity index (χ0v) is 14.3. The number of nitrogens with zero attached hydrogens (tertiary/aromatic N) is 4. The predicted octanol–water partition coefficient (Wildman–Crippen LogP) is 2.66. The first-order chi connectivity index (χ1) is 11.3. The van der Waals surface area contributed by atoms with Gasteiger partial charge in [-0.2, -0.15) is 16.9 Å². The summed E-state index contributed by atoms with van der Waals surface area (Å²) < 4.78 is 5.44. The number of carbonyl (C=O) groups is 1. The van der Waals surface area contributed by atoms with Crippen molar-refractivity contribution in [3.63, 3.8) is 0 Å². The minimum atomic E-state index is -0.0504. The first kappa shape index (κ1) is 16.1. The number of amides is 1. The third kappa shape index (κ3) is 4.14. The summed E-state index contributed by atoms with van der Waals surface area (Å²) in [6.07, 6.45) is 2.75. The van der Waals surface area contributed by atoms with Gasteiger partial charge in [-0.15, -0.1) is 10.2 Å². The van der Waals surface area contributed by atoms with Gasteiger partial charge in [0.05, 0.1) is 23.8 Å². The van der Waals surface area contributed by atoms with E-state index in [2.05, 4.69) is 15.3 Å². The van der Waals surface area contributed by atoms with Crippen LogP contribution in [0.2, 0.25) is 0 Å². The molecule has 0 spiro atoms. The molecule has 0 unspecified atom stereocenters. The summed E-state index contributed by atoms with van der Waals surface area (Å²) in [4.78, 5) is 12.2. The van der Waals surface area contributed by atoms with Crippen LogP contribution in [-0.4, -0.2) is 45.4 Å². The Kier molecular flexibility index (Phi) is 5.35. The number of benzene rings is 1. The van der Waals surface area contributed by atoms with Crippen LogP contribution in [0.4, 0.5) is 0 Å². The molecule has 0 saturated carbocycles. The van der Waals surface area contributed by atoms with E-state index in [0.29, 0.717) is 23.4 Å². The van der Waals surface area contributed by atoms with Gasteiger partial charge in [0.2, 0.25) is 5.89 Å². The van der Waals surface area contributed by atoms with E-state index < -0.39 is 0 Å². The molecular weight excluding hydrogens is 332 g/mol. The first-order valence-electron chi connectivity index (χ1n) is 7.13. The second kappa shape index (κ2) is 7.65. The van der Waals surface area contributed by atoms with Crippen molar-refractivity contribution >= 4 is 35.1 Å². The van der Waals surface area contributed by atoms with E-state index in [4.69, 9.17) is 4.42 Å². The standard InChI is InChI=1S/C15H16N4O2S2/c1-22-9-13-16-17-15(21-13)23-10-14(20)19-8-7-12(18-19)11-5-3-2-4-6-11/h2-6H,7-10H2,1H3. The molecule has 1 aromatic heterocycles. The van der Waals surface area contributed by atoms with Gasteiger partial charge in [0.15, 0.2) is 0 Å². The Morgan fingerprint density at radius 3 is 2.91 bits per heavy atom. The Morgan fingerprint density at radius 1 is 1.30 bits per heavy atom. The Labute approximate surface area is 142 Å². The molecule has 0 aliphatic carbocycles. The third-order valence-electron chi connectivity index (χ3n) is 3.23. The van der Waals surface area contributed by atoms with Crippen molar-refractivity contribution < 1.29 is 9.21 Å². The van der Waals surface area contributed by atoms with Gasteiger partial charge in [-0.1, -0.05) is 42.1 Å². The average molecular weight is 348 g/mol. The van der Waals surface area contributed by atoms with Crippen LogP contribution < -0.4 is 0 Å². The number of rotatable bonds is 6. The van der Waals surface area contributed by atoms with Crippen LogP contribution in [0.5, 0.6) is 0 Å². The molecule has 0 bridgehead atoms. The normalized spacial score (nSPS) is 14.1. The van der Waals surface area contributed by atoms with Gasteiger partial charge in [-0.3, -0.25) is 4.79 Å². The van der Waals surface area contributed by atoms with Crippen molar-refractivity contribution in [3.8, 4) is 0 Å². The first-order valence-corrected chi connectivity index (χ1v) is 9.51. The van der Waals surface area contributed by atoms with Crippen molar-refractivity contribution in [1.82, 2.24) is 15.2 Å². The van der Waals surface area contributed by atoms with Crippen molar-refractivity contribution in [2.75, 3.05) is 18.6 Å². The van der Waals surface area contributed by atoms with Crippen LogP contribution in [0, 0.1) is 0 Å². The lowest BCUT2D eigenvalue weighted by molar-refractivity contribution is -0.127. The van der Waals surface area contributed by atoms with Gasteiger partial charge in [0.1, 0.15) is 0 Å². The minimum absolute atomic E-state index is 0.0504. The Morgan fingerprint density at radius 2 is 2.13 bits per heavy atom. The number of hydrazone groups is 1. The van der Waals surface area contributed by atoms with Gasteiger partial charge in [0, 0.05) is 6.42 Å². The molecule has 1 aliphatic heterocycles. The van der Waals surface area contributed by atoms with Gasteiger partial charge >= 0.3 is 0 Å². The third-order valence-corrected chi connectivity index (χ3v) is 4.57. The summed E-state index contributed by atoms with van der Waals surface area (Å²) in [5.74, 6) is 1.45. The molecule has 1 amide bonds.